The number of hydrogen-bond acceptors (Lipinski definition) is 3. The number of nitrogens with one attached hydrogen (secondary N) is 1. The predicted octanol–water partition coefficient (Wildman–Crippen LogP) is 4.35. The summed E-state index contributed by atoms with van der Waals surface area (Å²) in [4.78, 5) is 7.74. The fourth-order valence-electron chi connectivity index (χ4n) is 2.01. The molecule has 3 rings (SSSR count). The van der Waals surface area contributed by atoms with Crippen LogP contribution in [0, 0.1) is 4.64 Å². The van der Waals surface area contributed by atoms with Gasteiger partial charge in [-0.25, -0.2) is 4.98 Å². The van der Waals surface area contributed by atoms with Crippen LogP contribution in [0.25, 0.3) is 11.3 Å². The highest BCUT2D eigenvalue weighted by Gasteiger charge is 2.26. The Balaban J connectivity index is 2.08. The van der Waals surface area contributed by atoms with Gasteiger partial charge in [0, 0.05) is 17.2 Å². The molecule has 1 heterocycles. The molecule has 1 N–H and O–H groups in total. The van der Waals surface area contributed by atoms with Gasteiger partial charge in [-0.15, -0.1) is 0 Å². The smallest absolute Gasteiger partial charge is 0.138 e. The van der Waals surface area contributed by atoms with Crippen LogP contribution in [0.15, 0.2) is 24.3 Å². The molecule has 0 radical (unpaired) electrons. The first-order chi connectivity index (χ1) is 9.17. The Morgan fingerprint density at radius 1 is 1.37 bits per heavy atom. The predicted molar refractivity (Wildman–Crippen MR) is 78.4 cm³/mol. The number of H-pyrrole nitrogens is 1. The number of benzene rings is 1. The van der Waals surface area contributed by atoms with Crippen molar-refractivity contribution in [3.8, 4) is 17.0 Å². The largest absolute Gasteiger partial charge is 0.495 e. The summed E-state index contributed by atoms with van der Waals surface area (Å²) in [7, 11) is 1.61. The van der Waals surface area contributed by atoms with Crippen molar-refractivity contribution in [3.05, 3.63) is 39.8 Å². The van der Waals surface area contributed by atoms with E-state index in [1.165, 1.54) is 12.8 Å². The minimum absolute atomic E-state index is 0.538. The van der Waals surface area contributed by atoms with Gasteiger partial charge in [-0.1, -0.05) is 29.9 Å². The quantitative estimate of drug-likeness (QED) is 0.855. The lowest BCUT2D eigenvalue weighted by atomic mass is 10.1. The second kappa shape index (κ2) is 4.94. The molecule has 0 spiro atoms. The van der Waals surface area contributed by atoms with Crippen molar-refractivity contribution >= 4 is 23.8 Å². The molecule has 3 nitrogen and oxygen atoms in total. The number of nitrogens with zero attached hydrogens (tertiary/aromatic N) is 1. The van der Waals surface area contributed by atoms with Gasteiger partial charge in [0.05, 0.1) is 12.1 Å². The van der Waals surface area contributed by atoms with E-state index in [0.29, 0.717) is 21.3 Å². The van der Waals surface area contributed by atoms with E-state index >= 15 is 0 Å². The number of methoxy groups -OCH3 is 1. The Hall–Kier alpha value is -1.39. The molecule has 0 unspecified atom stereocenters. The lowest BCUT2D eigenvalue weighted by molar-refractivity contribution is 0.415. The lowest BCUT2D eigenvalue weighted by Crippen LogP contribution is -1.95. The maximum absolute atomic E-state index is 6.04. The van der Waals surface area contributed by atoms with Gasteiger partial charge in [0.2, 0.25) is 0 Å². The maximum Gasteiger partial charge on any atom is 0.138 e. The fraction of sp³-hybridized carbons (Fsp3) is 0.286. The number of rotatable bonds is 3. The van der Waals surface area contributed by atoms with Crippen LogP contribution in [0.4, 0.5) is 0 Å². The Morgan fingerprint density at radius 2 is 2.16 bits per heavy atom. The number of halogens is 1. The maximum atomic E-state index is 6.04. The first-order valence-electron chi connectivity index (χ1n) is 6.12. The molecule has 1 aromatic heterocycles. The van der Waals surface area contributed by atoms with Gasteiger partial charge in [-0.3, -0.25) is 0 Å². The minimum atomic E-state index is 0.538. The van der Waals surface area contributed by atoms with Crippen LogP contribution < -0.4 is 4.74 Å². The van der Waals surface area contributed by atoms with Crippen molar-refractivity contribution in [3.63, 3.8) is 0 Å². The normalized spacial score (nSPS) is 14.4. The van der Waals surface area contributed by atoms with Crippen LogP contribution in [-0.4, -0.2) is 17.1 Å². The molecular formula is C14H13ClN2OS. The van der Waals surface area contributed by atoms with E-state index in [0.717, 1.165) is 17.1 Å². The molecule has 5 heteroatoms. The molecule has 1 aromatic carbocycles. The summed E-state index contributed by atoms with van der Waals surface area (Å²) >= 11 is 11.3. The highest BCUT2D eigenvalue weighted by molar-refractivity contribution is 7.71. The van der Waals surface area contributed by atoms with Crippen LogP contribution in [-0.2, 0) is 0 Å². The summed E-state index contributed by atoms with van der Waals surface area (Å²) in [5.74, 6) is 2.18. The minimum Gasteiger partial charge on any atom is -0.495 e. The summed E-state index contributed by atoms with van der Waals surface area (Å²) in [6.07, 6.45) is 2.37. The van der Waals surface area contributed by atoms with Crippen LogP contribution in [0.1, 0.15) is 24.6 Å². The molecule has 1 saturated carbocycles. The van der Waals surface area contributed by atoms with E-state index in [-0.39, 0.29) is 0 Å². The average molecular weight is 293 g/mol. The number of aromatic nitrogens is 2. The second-order valence-electron chi connectivity index (χ2n) is 4.64. The number of aromatic amines is 1. The fourth-order valence-corrected chi connectivity index (χ4v) is 2.42. The van der Waals surface area contributed by atoms with Gasteiger partial charge < -0.3 is 9.72 Å². The van der Waals surface area contributed by atoms with Crippen LogP contribution in [0.2, 0.25) is 5.02 Å². The molecule has 19 heavy (non-hydrogen) atoms. The van der Waals surface area contributed by atoms with Gasteiger partial charge in [0.15, 0.2) is 0 Å². The molecule has 2 aromatic rings. The third-order valence-corrected chi connectivity index (χ3v) is 3.71. The van der Waals surface area contributed by atoms with Crippen molar-refractivity contribution < 1.29 is 4.74 Å². The highest BCUT2D eigenvalue weighted by atomic mass is 35.5. The SMILES string of the molecule is COc1cc(-c2cc(=S)nc(C3CC3)[nH]2)ccc1Cl. The monoisotopic (exact) mass is 292 g/mol. The molecule has 1 aliphatic rings. The van der Waals surface area contributed by atoms with Crippen molar-refractivity contribution in [2.75, 3.05) is 7.11 Å². The molecule has 1 aliphatic carbocycles. The first kappa shape index (κ1) is 12.6. The zero-order valence-corrected chi connectivity index (χ0v) is 12.0. The van der Waals surface area contributed by atoms with Crippen molar-refractivity contribution in [2.24, 2.45) is 0 Å². The number of ether oxygens (including phenoxy) is 1. The third kappa shape index (κ3) is 2.65. The first-order valence-corrected chi connectivity index (χ1v) is 6.91. The summed E-state index contributed by atoms with van der Waals surface area (Å²) in [6, 6.07) is 7.54. The Bertz CT molecular complexity index is 679. The zero-order chi connectivity index (χ0) is 13.4. The topological polar surface area (TPSA) is 37.9 Å². The highest BCUT2D eigenvalue weighted by Crippen LogP contribution is 2.38. The average Bonchev–Trinajstić information content (AvgIpc) is 3.23. The molecule has 98 valence electrons. The van der Waals surface area contributed by atoms with Gasteiger partial charge in [0.25, 0.3) is 0 Å². The summed E-state index contributed by atoms with van der Waals surface area (Å²) < 4.78 is 5.86. The van der Waals surface area contributed by atoms with Crippen molar-refractivity contribution in [1.82, 2.24) is 9.97 Å². The molecular weight excluding hydrogens is 280 g/mol. The Labute approximate surface area is 121 Å². The van der Waals surface area contributed by atoms with Crippen molar-refractivity contribution in [1.29, 1.82) is 0 Å². The molecule has 0 atom stereocenters. The van der Waals surface area contributed by atoms with Crippen LogP contribution in [0.3, 0.4) is 0 Å². The van der Waals surface area contributed by atoms with Gasteiger partial charge in [0.1, 0.15) is 16.2 Å². The van der Waals surface area contributed by atoms with Crippen LogP contribution in [0.5, 0.6) is 5.75 Å². The second-order valence-corrected chi connectivity index (χ2v) is 5.47. The van der Waals surface area contributed by atoms with E-state index in [4.69, 9.17) is 28.6 Å². The van der Waals surface area contributed by atoms with E-state index in [9.17, 15) is 0 Å². The Morgan fingerprint density at radius 3 is 2.84 bits per heavy atom. The summed E-state index contributed by atoms with van der Waals surface area (Å²) in [5.41, 5.74) is 1.95. The standard InChI is InChI=1S/C14H13ClN2OS/c1-18-12-6-9(4-5-10(12)15)11-7-13(19)17-14(16-11)8-2-3-8/h4-8H,2-3H2,1H3,(H,16,17,19). The van der Waals surface area contributed by atoms with E-state index in [1.807, 2.05) is 24.3 Å². The van der Waals surface area contributed by atoms with Crippen LogP contribution >= 0.6 is 23.8 Å². The van der Waals surface area contributed by atoms with E-state index < -0.39 is 0 Å². The van der Waals surface area contributed by atoms with E-state index in [2.05, 4.69) is 9.97 Å². The molecule has 1 fully saturated rings. The number of hydrogen-bond donors (Lipinski definition) is 1. The molecule has 0 bridgehead atoms. The molecule has 0 aliphatic heterocycles. The van der Waals surface area contributed by atoms with Gasteiger partial charge >= 0.3 is 0 Å². The lowest BCUT2D eigenvalue weighted by Gasteiger charge is -2.08. The summed E-state index contributed by atoms with van der Waals surface area (Å²) in [5, 5.41) is 0.598. The third-order valence-electron chi connectivity index (χ3n) is 3.19. The molecule has 0 amide bonds. The van der Waals surface area contributed by atoms with E-state index in [1.54, 1.807) is 7.11 Å². The summed E-state index contributed by atoms with van der Waals surface area (Å²) in [6.45, 7) is 0. The molecule has 0 saturated heterocycles. The Kier molecular flexibility index (Phi) is 3.29. The van der Waals surface area contributed by atoms with Gasteiger partial charge in [-0.2, -0.15) is 0 Å². The van der Waals surface area contributed by atoms with Gasteiger partial charge in [-0.05, 0) is 31.0 Å². The zero-order valence-electron chi connectivity index (χ0n) is 10.4. The van der Waals surface area contributed by atoms with Crippen molar-refractivity contribution in [2.45, 2.75) is 18.8 Å².